The van der Waals surface area contributed by atoms with Gasteiger partial charge in [-0.05, 0) is 18.2 Å². The summed E-state index contributed by atoms with van der Waals surface area (Å²) >= 11 is 6.18. The first-order chi connectivity index (χ1) is 8.34. The molecule has 4 heteroatoms. The smallest absolute Gasteiger partial charge is 0.145 e. The molecular formula is C14H17ClN2O. The van der Waals surface area contributed by atoms with Crippen LogP contribution < -0.4 is 10.5 Å². The van der Waals surface area contributed by atoms with Crippen LogP contribution in [0.5, 0.6) is 5.75 Å². The molecule has 1 aromatic heterocycles. The lowest BCUT2D eigenvalue weighted by Crippen LogP contribution is -2.14. The highest BCUT2D eigenvalue weighted by Gasteiger charge is 2.19. The number of hydrogen-bond acceptors (Lipinski definition) is 3. The van der Waals surface area contributed by atoms with Gasteiger partial charge in [0.1, 0.15) is 11.3 Å². The normalized spacial score (nSPS) is 11.8. The summed E-state index contributed by atoms with van der Waals surface area (Å²) in [5.74, 6) is 0.687. The molecule has 0 aliphatic carbocycles. The zero-order valence-electron chi connectivity index (χ0n) is 11.0. The van der Waals surface area contributed by atoms with Gasteiger partial charge in [0.15, 0.2) is 0 Å². The predicted molar refractivity (Wildman–Crippen MR) is 76.4 cm³/mol. The van der Waals surface area contributed by atoms with E-state index in [1.807, 2.05) is 12.1 Å². The molecule has 2 N–H and O–H groups in total. The zero-order valence-corrected chi connectivity index (χ0v) is 11.8. The molecule has 18 heavy (non-hydrogen) atoms. The van der Waals surface area contributed by atoms with Gasteiger partial charge in [0.25, 0.3) is 0 Å². The monoisotopic (exact) mass is 264 g/mol. The maximum Gasteiger partial charge on any atom is 0.145 e. The summed E-state index contributed by atoms with van der Waals surface area (Å²) in [5.41, 5.74) is 8.30. The fourth-order valence-electron chi connectivity index (χ4n) is 1.85. The van der Waals surface area contributed by atoms with Gasteiger partial charge in [-0.15, -0.1) is 0 Å². The van der Waals surface area contributed by atoms with Crippen LogP contribution in [0.2, 0.25) is 5.02 Å². The van der Waals surface area contributed by atoms with Crippen LogP contribution in [-0.2, 0) is 5.41 Å². The average molecular weight is 265 g/mol. The van der Waals surface area contributed by atoms with E-state index in [9.17, 15) is 0 Å². The van der Waals surface area contributed by atoms with E-state index < -0.39 is 0 Å². The van der Waals surface area contributed by atoms with Crippen molar-refractivity contribution in [3.8, 4) is 5.75 Å². The Balaban J connectivity index is 2.86. The quantitative estimate of drug-likeness (QED) is 0.853. The Kier molecular flexibility index (Phi) is 3.11. The molecular weight excluding hydrogens is 248 g/mol. The SMILES string of the molecule is COc1ccc(Cl)c2c(N)cc(C(C)(C)C)nc12. The van der Waals surface area contributed by atoms with Crippen molar-refractivity contribution in [3.63, 3.8) is 0 Å². The second-order valence-electron chi connectivity index (χ2n) is 5.32. The van der Waals surface area contributed by atoms with E-state index in [2.05, 4.69) is 25.8 Å². The van der Waals surface area contributed by atoms with Crippen molar-refractivity contribution < 1.29 is 4.74 Å². The lowest BCUT2D eigenvalue weighted by molar-refractivity contribution is 0.418. The van der Waals surface area contributed by atoms with Gasteiger partial charge in [0, 0.05) is 22.2 Å². The molecule has 0 bridgehead atoms. The second kappa shape index (κ2) is 4.32. The summed E-state index contributed by atoms with van der Waals surface area (Å²) < 4.78 is 5.33. The molecule has 2 rings (SSSR count). The van der Waals surface area contributed by atoms with Crippen LogP contribution in [0.3, 0.4) is 0 Å². The van der Waals surface area contributed by atoms with Crippen LogP contribution in [0.25, 0.3) is 10.9 Å². The molecule has 2 aromatic rings. The third kappa shape index (κ3) is 2.10. The first-order valence-electron chi connectivity index (χ1n) is 5.78. The topological polar surface area (TPSA) is 48.1 Å². The molecule has 0 aliphatic rings. The number of nitrogens with two attached hydrogens (primary N) is 1. The van der Waals surface area contributed by atoms with E-state index in [4.69, 9.17) is 22.1 Å². The van der Waals surface area contributed by atoms with E-state index in [0.29, 0.717) is 16.5 Å². The Bertz CT molecular complexity index is 603. The van der Waals surface area contributed by atoms with Gasteiger partial charge in [-0.3, -0.25) is 0 Å². The number of rotatable bonds is 1. The maximum absolute atomic E-state index is 6.18. The highest BCUT2D eigenvalue weighted by molar-refractivity contribution is 6.36. The van der Waals surface area contributed by atoms with Gasteiger partial charge in [0.05, 0.1) is 12.1 Å². The van der Waals surface area contributed by atoms with Crippen molar-refractivity contribution in [1.29, 1.82) is 0 Å². The molecule has 1 aromatic carbocycles. The number of ether oxygens (including phenoxy) is 1. The second-order valence-corrected chi connectivity index (χ2v) is 5.73. The molecule has 0 radical (unpaired) electrons. The van der Waals surface area contributed by atoms with Crippen LogP contribution >= 0.6 is 11.6 Å². The Hall–Kier alpha value is -1.48. The molecule has 0 fully saturated rings. The summed E-state index contributed by atoms with van der Waals surface area (Å²) in [4.78, 5) is 4.65. The van der Waals surface area contributed by atoms with Crippen LogP contribution in [0.15, 0.2) is 18.2 Å². The largest absolute Gasteiger partial charge is 0.494 e. The minimum absolute atomic E-state index is 0.0738. The molecule has 96 valence electrons. The number of halogens is 1. The predicted octanol–water partition coefficient (Wildman–Crippen LogP) is 3.78. The van der Waals surface area contributed by atoms with Gasteiger partial charge >= 0.3 is 0 Å². The fraction of sp³-hybridized carbons (Fsp3) is 0.357. The van der Waals surface area contributed by atoms with Gasteiger partial charge in [0.2, 0.25) is 0 Å². The van der Waals surface area contributed by atoms with E-state index >= 15 is 0 Å². The van der Waals surface area contributed by atoms with Gasteiger partial charge < -0.3 is 10.5 Å². The third-order valence-electron chi connectivity index (χ3n) is 2.89. The Morgan fingerprint density at radius 1 is 1.28 bits per heavy atom. The van der Waals surface area contributed by atoms with Crippen molar-refractivity contribution in [2.45, 2.75) is 26.2 Å². The van der Waals surface area contributed by atoms with E-state index in [1.54, 1.807) is 13.2 Å². The number of methoxy groups -OCH3 is 1. The van der Waals surface area contributed by atoms with Crippen molar-refractivity contribution in [3.05, 3.63) is 28.9 Å². The van der Waals surface area contributed by atoms with Crippen LogP contribution in [0.4, 0.5) is 5.69 Å². The van der Waals surface area contributed by atoms with E-state index in [1.165, 1.54) is 0 Å². The summed E-state index contributed by atoms with van der Waals surface area (Å²) in [6, 6.07) is 5.47. The van der Waals surface area contributed by atoms with Crippen LogP contribution in [-0.4, -0.2) is 12.1 Å². The lowest BCUT2D eigenvalue weighted by atomic mass is 9.91. The highest BCUT2D eigenvalue weighted by Crippen LogP contribution is 2.36. The summed E-state index contributed by atoms with van der Waals surface area (Å²) in [5, 5.41) is 1.35. The number of hydrogen-bond donors (Lipinski definition) is 1. The highest BCUT2D eigenvalue weighted by atomic mass is 35.5. The van der Waals surface area contributed by atoms with Gasteiger partial charge in [-0.1, -0.05) is 32.4 Å². The first-order valence-corrected chi connectivity index (χ1v) is 6.15. The van der Waals surface area contributed by atoms with Gasteiger partial charge in [-0.25, -0.2) is 4.98 Å². The third-order valence-corrected chi connectivity index (χ3v) is 3.21. The average Bonchev–Trinajstić information content (AvgIpc) is 2.27. The Morgan fingerprint density at radius 2 is 1.94 bits per heavy atom. The molecule has 0 unspecified atom stereocenters. The number of nitrogens with zero attached hydrogens (tertiary/aromatic N) is 1. The number of pyridine rings is 1. The molecule has 0 saturated heterocycles. The molecule has 0 aliphatic heterocycles. The van der Waals surface area contributed by atoms with Crippen LogP contribution in [0.1, 0.15) is 26.5 Å². The first kappa shape index (κ1) is 13.0. The van der Waals surface area contributed by atoms with Gasteiger partial charge in [-0.2, -0.15) is 0 Å². The van der Waals surface area contributed by atoms with E-state index in [0.717, 1.165) is 16.6 Å². The number of aromatic nitrogens is 1. The number of fused-ring (bicyclic) bond motifs is 1. The van der Waals surface area contributed by atoms with Crippen LogP contribution in [0, 0.1) is 0 Å². The molecule has 0 amide bonds. The van der Waals surface area contributed by atoms with Crippen molar-refractivity contribution in [2.75, 3.05) is 12.8 Å². The molecule has 0 spiro atoms. The zero-order chi connectivity index (χ0) is 13.5. The van der Waals surface area contributed by atoms with Crippen molar-refractivity contribution >= 4 is 28.2 Å². The lowest BCUT2D eigenvalue weighted by Gasteiger charge is -2.20. The molecule has 0 atom stereocenters. The van der Waals surface area contributed by atoms with Crippen molar-refractivity contribution in [1.82, 2.24) is 4.98 Å². The summed E-state index contributed by atoms with van der Waals surface area (Å²) in [6.45, 7) is 6.28. The molecule has 3 nitrogen and oxygen atoms in total. The maximum atomic E-state index is 6.18. The summed E-state index contributed by atoms with van der Waals surface area (Å²) in [7, 11) is 1.62. The minimum atomic E-state index is -0.0738. The Morgan fingerprint density at radius 3 is 2.50 bits per heavy atom. The molecule has 0 saturated carbocycles. The number of nitrogen functional groups attached to an aromatic ring is 1. The molecule has 1 heterocycles. The number of anilines is 1. The minimum Gasteiger partial charge on any atom is -0.494 e. The summed E-state index contributed by atoms with van der Waals surface area (Å²) in [6.07, 6.45) is 0. The van der Waals surface area contributed by atoms with Crippen molar-refractivity contribution in [2.24, 2.45) is 0 Å². The van der Waals surface area contributed by atoms with E-state index in [-0.39, 0.29) is 5.41 Å². The number of benzene rings is 1. The fourth-order valence-corrected chi connectivity index (χ4v) is 2.12. The Labute approximate surface area is 112 Å². The standard InChI is InChI=1S/C14H17ClN2O/c1-14(2,3)11-7-9(16)12-8(15)5-6-10(18-4)13(12)17-11/h5-7H,1-4H3,(H2,16,17).